The zero-order valence-corrected chi connectivity index (χ0v) is 13.8. The van der Waals surface area contributed by atoms with E-state index in [1.165, 1.54) is 38.8 Å². The summed E-state index contributed by atoms with van der Waals surface area (Å²) in [5, 5.41) is 0.815. The van der Waals surface area contributed by atoms with E-state index in [1.807, 2.05) is 18.2 Å². The Balaban J connectivity index is 0.00000200. The molecule has 0 spiro atoms. The summed E-state index contributed by atoms with van der Waals surface area (Å²) in [5.74, 6) is 0.949. The normalized spacial score (nSPS) is 16.3. The zero-order chi connectivity index (χ0) is 13.5. The lowest BCUT2D eigenvalue weighted by Crippen LogP contribution is -2.29. The summed E-state index contributed by atoms with van der Waals surface area (Å²) < 4.78 is 5.93. The molecule has 0 radical (unpaired) electrons. The first kappa shape index (κ1) is 17.6. The molecular weight excluding hydrogens is 293 g/mol. The van der Waals surface area contributed by atoms with Crippen molar-refractivity contribution in [2.75, 3.05) is 26.2 Å². The Kier molecular flexibility index (Phi) is 8.35. The minimum atomic E-state index is 0. The fourth-order valence-corrected chi connectivity index (χ4v) is 2.96. The highest BCUT2D eigenvalue weighted by Gasteiger charge is 2.10. The van der Waals surface area contributed by atoms with Crippen molar-refractivity contribution in [2.24, 2.45) is 0 Å². The van der Waals surface area contributed by atoms with Crippen molar-refractivity contribution in [3.05, 3.63) is 28.8 Å². The van der Waals surface area contributed by atoms with Gasteiger partial charge < -0.3 is 4.74 Å². The summed E-state index contributed by atoms with van der Waals surface area (Å²) in [6, 6.07) is 5.91. The molecule has 1 aromatic carbocycles. The van der Waals surface area contributed by atoms with Gasteiger partial charge >= 0.3 is 0 Å². The van der Waals surface area contributed by atoms with Crippen molar-refractivity contribution in [1.29, 1.82) is 0 Å². The third kappa shape index (κ3) is 5.16. The van der Waals surface area contributed by atoms with Gasteiger partial charge in [0.25, 0.3) is 0 Å². The summed E-state index contributed by atoms with van der Waals surface area (Å²) in [4.78, 5) is 2.52. The van der Waals surface area contributed by atoms with Crippen LogP contribution in [0.3, 0.4) is 0 Å². The van der Waals surface area contributed by atoms with Crippen LogP contribution in [0.4, 0.5) is 0 Å². The van der Waals surface area contributed by atoms with Gasteiger partial charge in [-0.2, -0.15) is 0 Å². The third-order valence-electron chi connectivity index (χ3n) is 3.79. The number of hydrogen-bond donors (Lipinski definition) is 0. The Morgan fingerprint density at radius 1 is 1.15 bits per heavy atom. The molecule has 1 heterocycles. The van der Waals surface area contributed by atoms with Gasteiger partial charge in [-0.15, -0.1) is 12.4 Å². The Hall–Kier alpha value is -0.440. The predicted octanol–water partition coefficient (Wildman–Crippen LogP) is 4.58. The molecule has 0 amide bonds. The molecule has 1 aromatic rings. The van der Waals surface area contributed by atoms with E-state index < -0.39 is 0 Å². The number of hydrogen-bond acceptors (Lipinski definition) is 2. The van der Waals surface area contributed by atoms with Crippen LogP contribution in [0.15, 0.2) is 18.2 Å². The first-order chi connectivity index (χ1) is 9.31. The molecule has 1 fully saturated rings. The third-order valence-corrected chi connectivity index (χ3v) is 4.15. The molecule has 2 nitrogen and oxygen atoms in total. The van der Waals surface area contributed by atoms with Crippen LogP contribution >= 0.6 is 24.0 Å². The van der Waals surface area contributed by atoms with Crippen LogP contribution in [0.1, 0.15) is 38.2 Å². The average Bonchev–Trinajstić information content (AvgIpc) is 2.68. The van der Waals surface area contributed by atoms with Gasteiger partial charge in [0.15, 0.2) is 0 Å². The maximum Gasteiger partial charge on any atom is 0.124 e. The van der Waals surface area contributed by atoms with Crippen LogP contribution in [0, 0.1) is 0 Å². The SMILES string of the molecule is CCc1c(Cl)cccc1OCCN1CCCCCC1.Cl. The van der Waals surface area contributed by atoms with Crippen molar-refractivity contribution in [3.63, 3.8) is 0 Å². The number of ether oxygens (including phenoxy) is 1. The van der Waals surface area contributed by atoms with Crippen molar-refractivity contribution in [2.45, 2.75) is 39.0 Å². The highest BCUT2D eigenvalue weighted by atomic mass is 35.5. The summed E-state index contributed by atoms with van der Waals surface area (Å²) in [6.07, 6.45) is 6.34. The monoisotopic (exact) mass is 317 g/mol. The Bertz CT molecular complexity index is 390. The highest BCUT2D eigenvalue weighted by molar-refractivity contribution is 6.31. The molecule has 0 aliphatic carbocycles. The zero-order valence-electron chi connectivity index (χ0n) is 12.2. The average molecular weight is 318 g/mol. The van der Waals surface area contributed by atoms with Gasteiger partial charge in [0.1, 0.15) is 12.4 Å². The van der Waals surface area contributed by atoms with E-state index in [0.717, 1.165) is 35.9 Å². The molecule has 1 aliphatic heterocycles. The van der Waals surface area contributed by atoms with Gasteiger partial charge in [0.2, 0.25) is 0 Å². The molecule has 4 heteroatoms. The van der Waals surface area contributed by atoms with E-state index in [4.69, 9.17) is 16.3 Å². The van der Waals surface area contributed by atoms with Crippen LogP contribution in [-0.2, 0) is 6.42 Å². The molecule has 0 unspecified atom stereocenters. The Morgan fingerprint density at radius 2 is 1.85 bits per heavy atom. The van der Waals surface area contributed by atoms with E-state index in [9.17, 15) is 0 Å². The van der Waals surface area contributed by atoms with E-state index in [-0.39, 0.29) is 12.4 Å². The van der Waals surface area contributed by atoms with Gasteiger partial charge in [0, 0.05) is 17.1 Å². The molecule has 1 aliphatic rings. The van der Waals surface area contributed by atoms with E-state index >= 15 is 0 Å². The van der Waals surface area contributed by atoms with Gasteiger partial charge in [-0.3, -0.25) is 4.90 Å². The van der Waals surface area contributed by atoms with Crippen LogP contribution in [0.25, 0.3) is 0 Å². The van der Waals surface area contributed by atoms with Crippen molar-refractivity contribution >= 4 is 24.0 Å². The van der Waals surface area contributed by atoms with Crippen molar-refractivity contribution < 1.29 is 4.74 Å². The summed E-state index contributed by atoms with van der Waals surface area (Å²) in [6.45, 7) is 6.34. The lowest BCUT2D eigenvalue weighted by molar-refractivity contribution is 0.213. The minimum Gasteiger partial charge on any atom is -0.492 e. The summed E-state index contributed by atoms with van der Waals surface area (Å²) in [7, 11) is 0. The van der Waals surface area contributed by atoms with Crippen LogP contribution in [0.5, 0.6) is 5.75 Å². The lowest BCUT2D eigenvalue weighted by atomic mass is 10.1. The number of nitrogens with zero attached hydrogens (tertiary/aromatic N) is 1. The van der Waals surface area contributed by atoms with Gasteiger partial charge in [0.05, 0.1) is 0 Å². The molecule has 20 heavy (non-hydrogen) atoms. The highest BCUT2D eigenvalue weighted by Crippen LogP contribution is 2.26. The predicted molar refractivity (Wildman–Crippen MR) is 88.5 cm³/mol. The smallest absolute Gasteiger partial charge is 0.124 e. The number of rotatable bonds is 5. The first-order valence-electron chi connectivity index (χ1n) is 7.44. The Labute approximate surface area is 133 Å². The molecule has 1 saturated heterocycles. The lowest BCUT2D eigenvalue weighted by Gasteiger charge is -2.20. The molecule has 0 aromatic heterocycles. The molecular formula is C16H25Cl2NO. The number of halogens is 2. The molecule has 114 valence electrons. The molecule has 2 rings (SSSR count). The number of benzene rings is 1. The summed E-state index contributed by atoms with van der Waals surface area (Å²) in [5.41, 5.74) is 1.13. The molecule has 0 bridgehead atoms. The fraction of sp³-hybridized carbons (Fsp3) is 0.625. The quantitative estimate of drug-likeness (QED) is 0.788. The number of likely N-dealkylation sites (tertiary alicyclic amines) is 1. The van der Waals surface area contributed by atoms with Gasteiger partial charge in [-0.05, 0) is 44.5 Å². The van der Waals surface area contributed by atoms with Crippen molar-refractivity contribution in [3.8, 4) is 5.75 Å². The first-order valence-corrected chi connectivity index (χ1v) is 7.81. The topological polar surface area (TPSA) is 12.5 Å². The largest absolute Gasteiger partial charge is 0.492 e. The molecule has 0 atom stereocenters. The van der Waals surface area contributed by atoms with Gasteiger partial charge in [-0.25, -0.2) is 0 Å². The van der Waals surface area contributed by atoms with E-state index in [0.29, 0.717) is 0 Å². The molecule has 0 saturated carbocycles. The van der Waals surface area contributed by atoms with E-state index in [2.05, 4.69) is 11.8 Å². The second-order valence-electron chi connectivity index (χ2n) is 5.17. The molecule has 0 N–H and O–H groups in total. The fourth-order valence-electron chi connectivity index (χ4n) is 2.66. The Morgan fingerprint density at radius 3 is 2.50 bits per heavy atom. The van der Waals surface area contributed by atoms with E-state index in [1.54, 1.807) is 0 Å². The van der Waals surface area contributed by atoms with Crippen LogP contribution < -0.4 is 4.74 Å². The van der Waals surface area contributed by atoms with Crippen LogP contribution in [0.2, 0.25) is 5.02 Å². The van der Waals surface area contributed by atoms with Crippen LogP contribution in [-0.4, -0.2) is 31.1 Å². The minimum absolute atomic E-state index is 0. The standard InChI is InChI=1S/C16H24ClNO.ClH/c1-2-14-15(17)8-7-9-16(14)19-13-12-18-10-5-3-4-6-11-18;/h7-9H,2-6,10-13H2,1H3;1H. The summed E-state index contributed by atoms with van der Waals surface area (Å²) >= 11 is 6.19. The maximum atomic E-state index is 6.19. The van der Waals surface area contributed by atoms with Crippen molar-refractivity contribution in [1.82, 2.24) is 4.90 Å². The van der Waals surface area contributed by atoms with Gasteiger partial charge in [-0.1, -0.05) is 37.4 Å². The maximum absolute atomic E-state index is 6.19. The second kappa shape index (κ2) is 9.49. The second-order valence-corrected chi connectivity index (χ2v) is 5.58.